The van der Waals surface area contributed by atoms with Crippen LogP contribution >= 0.6 is 34.8 Å². The summed E-state index contributed by atoms with van der Waals surface area (Å²) in [4.78, 5) is 4.31. The molecule has 0 aromatic carbocycles. The molecule has 102 valence electrons. The fraction of sp³-hybridized carbons (Fsp3) is 0.333. The summed E-state index contributed by atoms with van der Waals surface area (Å²) in [7, 11) is 1.83. The Kier molecular flexibility index (Phi) is 4.68. The van der Waals surface area contributed by atoms with Crippen molar-refractivity contribution in [2.24, 2.45) is 7.05 Å². The highest BCUT2D eigenvalue weighted by atomic mass is 35.5. The molecule has 2 rings (SSSR count). The number of hydrogen-bond donors (Lipinski definition) is 1. The second-order valence-corrected chi connectivity index (χ2v) is 5.26. The molecule has 0 amide bonds. The molecule has 19 heavy (non-hydrogen) atoms. The summed E-state index contributed by atoms with van der Waals surface area (Å²) in [5.41, 5.74) is 1.50. The van der Waals surface area contributed by atoms with E-state index in [-0.39, 0.29) is 6.04 Å². The molecule has 0 spiro atoms. The highest BCUT2D eigenvalue weighted by molar-refractivity contribution is 6.35. The highest BCUT2D eigenvalue weighted by Crippen LogP contribution is 2.31. The molecule has 0 bridgehead atoms. The van der Waals surface area contributed by atoms with Crippen LogP contribution in [0.2, 0.25) is 15.1 Å². The third-order valence-corrected chi connectivity index (χ3v) is 3.53. The molecule has 1 unspecified atom stereocenters. The monoisotopic (exact) mass is 318 g/mol. The summed E-state index contributed by atoms with van der Waals surface area (Å²) in [6.45, 7) is 2.74. The Morgan fingerprint density at radius 1 is 1.26 bits per heavy atom. The maximum absolute atomic E-state index is 6.22. The predicted octanol–water partition coefficient (Wildman–Crippen LogP) is 3.47. The van der Waals surface area contributed by atoms with Crippen LogP contribution in [0.4, 0.5) is 0 Å². The standard InChI is InChI=1S/C12H13Cl3N4/c1-3-16-11(12-9(15)6-18-19(12)2)10-8(14)4-7(13)5-17-10/h4-6,11,16H,3H2,1-2H3. The Labute approximate surface area is 126 Å². The van der Waals surface area contributed by atoms with Crippen molar-refractivity contribution < 1.29 is 0 Å². The molecule has 2 heterocycles. The minimum absolute atomic E-state index is 0.227. The van der Waals surface area contributed by atoms with Crippen LogP contribution < -0.4 is 5.32 Å². The first-order valence-electron chi connectivity index (χ1n) is 5.76. The van der Waals surface area contributed by atoms with Crippen molar-refractivity contribution in [3.8, 4) is 0 Å². The molecule has 2 aromatic rings. The van der Waals surface area contributed by atoms with Crippen LogP contribution in [0.15, 0.2) is 18.5 Å². The largest absolute Gasteiger partial charge is 0.304 e. The van der Waals surface area contributed by atoms with Gasteiger partial charge in [-0.3, -0.25) is 9.67 Å². The van der Waals surface area contributed by atoms with Crippen LogP contribution in [0, 0.1) is 0 Å². The molecule has 2 aromatic heterocycles. The number of nitrogens with one attached hydrogen (secondary N) is 1. The van der Waals surface area contributed by atoms with Gasteiger partial charge >= 0.3 is 0 Å². The van der Waals surface area contributed by atoms with Crippen molar-refractivity contribution in [1.29, 1.82) is 0 Å². The summed E-state index contributed by atoms with van der Waals surface area (Å²) in [5.74, 6) is 0. The van der Waals surface area contributed by atoms with Crippen LogP contribution in [-0.2, 0) is 7.05 Å². The van der Waals surface area contributed by atoms with Gasteiger partial charge in [0, 0.05) is 13.2 Å². The zero-order valence-electron chi connectivity index (χ0n) is 10.5. The predicted molar refractivity (Wildman–Crippen MR) is 78.0 cm³/mol. The number of rotatable bonds is 4. The van der Waals surface area contributed by atoms with Crippen LogP contribution in [0.25, 0.3) is 0 Å². The molecular formula is C12H13Cl3N4. The zero-order chi connectivity index (χ0) is 14.0. The van der Waals surface area contributed by atoms with Gasteiger partial charge in [0.15, 0.2) is 0 Å². The average Bonchev–Trinajstić information content (AvgIpc) is 2.67. The quantitative estimate of drug-likeness (QED) is 0.938. The van der Waals surface area contributed by atoms with Crippen molar-refractivity contribution in [2.75, 3.05) is 6.54 Å². The van der Waals surface area contributed by atoms with Crippen molar-refractivity contribution in [2.45, 2.75) is 13.0 Å². The Balaban J connectivity index is 2.51. The van der Waals surface area contributed by atoms with Gasteiger partial charge in [-0.25, -0.2) is 0 Å². The molecule has 1 N–H and O–H groups in total. The van der Waals surface area contributed by atoms with E-state index in [0.717, 1.165) is 12.2 Å². The van der Waals surface area contributed by atoms with E-state index >= 15 is 0 Å². The number of pyridine rings is 1. The van der Waals surface area contributed by atoms with Crippen molar-refractivity contribution >= 4 is 34.8 Å². The maximum Gasteiger partial charge on any atom is 0.0952 e. The normalized spacial score (nSPS) is 12.7. The average molecular weight is 320 g/mol. The maximum atomic E-state index is 6.22. The number of hydrogen-bond acceptors (Lipinski definition) is 3. The highest BCUT2D eigenvalue weighted by Gasteiger charge is 2.23. The Hall–Kier alpha value is -0.810. The lowest BCUT2D eigenvalue weighted by Crippen LogP contribution is -2.25. The summed E-state index contributed by atoms with van der Waals surface area (Å²) in [6.07, 6.45) is 3.17. The van der Waals surface area contributed by atoms with E-state index in [9.17, 15) is 0 Å². The topological polar surface area (TPSA) is 42.7 Å². The first-order chi connectivity index (χ1) is 9.04. The van der Waals surface area contributed by atoms with Crippen LogP contribution in [0.5, 0.6) is 0 Å². The van der Waals surface area contributed by atoms with Gasteiger partial charge in [0.2, 0.25) is 0 Å². The first kappa shape index (κ1) is 14.6. The van der Waals surface area contributed by atoms with Crippen molar-refractivity contribution in [1.82, 2.24) is 20.1 Å². The molecule has 0 saturated heterocycles. The van der Waals surface area contributed by atoms with E-state index < -0.39 is 0 Å². The molecule has 0 radical (unpaired) electrons. The van der Waals surface area contributed by atoms with Gasteiger partial charge in [0.1, 0.15) is 0 Å². The van der Waals surface area contributed by atoms with Gasteiger partial charge in [-0.15, -0.1) is 0 Å². The van der Waals surface area contributed by atoms with Gasteiger partial charge < -0.3 is 5.32 Å². The molecule has 0 aliphatic rings. The fourth-order valence-corrected chi connectivity index (χ4v) is 2.67. The summed E-state index contributed by atoms with van der Waals surface area (Å²) < 4.78 is 1.71. The lowest BCUT2D eigenvalue weighted by molar-refractivity contribution is 0.562. The Bertz CT molecular complexity index is 563. The molecule has 0 aliphatic heterocycles. The Morgan fingerprint density at radius 3 is 2.53 bits per heavy atom. The third kappa shape index (κ3) is 3.03. The van der Waals surface area contributed by atoms with E-state index in [4.69, 9.17) is 34.8 Å². The van der Waals surface area contributed by atoms with Crippen LogP contribution in [-0.4, -0.2) is 21.3 Å². The van der Waals surface area contributed by atoms with Gasteiger partial charge in [-0.2, -0.15) is 5.10 Å². The molecule has 0 aliphatic carbocycles. The van der Waals surface area contributed by atoms with Gasteiger partial charge in [-0.05, 0) is 12.6 Å². The first-order valence-corrected chi connectivity index (χ1v) is 6.89. The number of aromatic nitrogens is 3. The third-order valence-electron chi connectivity index (χ3n) is 2.73. The van der Waals surface area contributed by atoms with E-state index in [1.165, 1.54) is 0 Å². The second kappa shape index (κ2) is 6.09. The van der Waals surface area contributed by atoms with Gasteiger partial charge in [-0.1, -0.05) is 41.7 Å². The molecule has 7 heteroatoms. The lowest BCUT2D eigenvalue weighted by atomic mass is 10.1. The van der Waals surface area contributed by atoms with Crippen LogP contribution in [0.1, 0.15) is 24.4 Å². The molecule has 0 saturated carbocycles. The number of halogens is 3. The fourth-order valence-electron chi connectivity index (χ4n) is 1.91. The number of aryl methyl sites for hydroxylation is 1. The molecular weight excluding hydrogens is 307 g/mol. The van der Waals surface area contributed by atoms with E-state index in [1.54, 1.807) is 23.1 Å². The molecule has 1 atom stereocenters. The van der Waals surface area contributed by atoms with Gasteiger partial charge in [0.05, 0.1) is 38.7 Å². The minimum atomic E-state index is -0.227. The van der Waals surface area contributed by atoms with Crippen LogP contribution in [0.3, 0.4) is 0 Å². The number of nitrogens with zero attached hydrogens (tertiary/aromatic N) is 3. The van der Waals surface area contributed by atoms with Crippen molar-refractivity contribution in [3.05, 3.63) is 44.9 Å². The molecule has 0 fully saturated rings. The second-order valence-electron chi connectivity index (χ2n) is 4.01. The van der Waals surface area contributed by atoms with E-state index in [0.29, 0.717) is 20.8 Å². The SMILES string of the molecule is CCNC(c1ncc(Cl)cc1Cl)c1c(Cl)cnn1C. The zero-order valence-corrected chi connectivity index (χ0v) is 12.8. The lowest BCUT2D eigenvalue weighted by Gasteiger charge is -2.19. The van der Waals surface area contributed by atoms with Gasteiger partial charge in [0.25, 0.3) is 0 Å². The smallest absolute Gasteiger partial charge is 0.0952 e. The van der Waals surface area contributed by atoms with Crippen molar-refractivity contribution in [3.63, 3.8) is 0 Å². The molecule has 4 nitrogen and oxygen atoms in total. The summed E-state index contributed by atoms with van der Waals surface area (Å²) >= 11 is 18.3. The minimum Gasteiger partial charge on any atom is -0.304 e. The summed E-state index contributed by atoms with van der Waals surface area (Å²) in [6, 6.07) is 1.44. The van der Waals surface area contributed by atoms with E-state index in [1.807, 2.05) is 14.0 Å². The van der Waals surface area contributed by atoms with E-state index in [2.05, 4.69) is 15.4 Å². The summed E-state index contributed by atoms with van der Waals surface area (Å²) in [5, 5.41) is 9.01. The Morgan fingerprint density at radius 2 is 2.00 bits per heavy atom.